The molecule has 0 amide bonds. The smallest absolute Gasteiger partial charge is 0.203 e. The SMILES string of the molecule is COc1cc([C@H](c2ccccc2)[NH+]2CCC[NH2+]CC2)cc(OC)c1OC. The zero-order valence-electron chi connectivity index (χ0n) is 16.0. The van der Waals surface area contributed by atoms with Crippen molar-refractivity contribution in [2.45, 2.75) is 12.5 Å². The number of hydrogen-bond donors (Lipinski definition) is 2. The van der Waals surface area contributed by atoms with E-state index in [-0.39, 0.29) is 6.04 Å². The van der Waals surface area contributed by atoms with Gasteiger partial charge >= 0.3 is 0 Å². The van der Waals surface area contributed by atoms with E-state index in [4.69, 9.17) is 14.2 Å². The Bertz CT molecular complexity index is 673. The van der Waals surface area contributed by atoms with Crippen LogP contribution in [0.15, 0.2) is 42.5 Å². The molecule has 0 bridgehead atoms. The highest BCUT2D eigenvalue weighted by atomic mass is 16.5. The van der Waals surface area contributed by atoms with Gasteiger partial charge in [-0.15, -0.1) is 0 Å². The van der Waals surface area contributed by atoms with Gasteiger partial charge < -0.3 is 24.4 Å². The highest BCUT2D eigenvalue weighted by Crippen LogP contribution is 2.40. The number of nitrogens with one attached hydrogen (secondary N) is 1. The van der Waals surface area contributed by atoms with Gasteiger partial charge in [-0.2, -0.15) is 0 Å². The quantitative estimate of drug-likeness (QED) is 0.797. The van der Waals surface area contributed by atoms with E-state index in [1.54, 1.807) is 26.2 Å². The van der Waals surface area contributed by atoms with E-state index >= 15 is 0 Å². The lowest BCUT2D eigenvalue weighted by molar-refractivity contribution is -0.929. The fourth-order valence-corrected chi connectivity index (χ4v) is 3.90. The predicted octanol–water partition coefficient (Wildman–Crippen LogP) is 0.654. The van der Waals surface area contributed by atoms with Crippen LogP contribution in [0.3, 0.4) is 0 Å². The van der Waals surface area contributed by atoms with Crippen molar-refractivity contribution in [2.24, 2.45) is 0 Å². The van der Waals surface area contributed by atoms with Gasteiger partial charge in [-0.05, 0) is 12.1 Å². The molecular weight excluding hydrogens is 328 g/mol. The summed E-state index contributed by atoms with van der Waals surface area (Å²) < 4.78 is 16.7. The minimum atomic E-state index is 0.247. The lowest BCUT2D eigenvalue weighted by Crippen LogP contribution is -3.13. The van der Waals surface area contributed by atoms with Gasteiger partial charge in [0.15, 0.2) is 11.5 Å². The number of methoxy groups -OCH3 is 3. The first-order valence-electron chi connectivity index (χ1n) is 9.29. The maximum absolute atomic E-state index is 5.60. The molecule has 0 aromatic heterocycles. The number of benzene rings is 2. The van der Waals surface area contributed by atoms with Crippen molar-refractivity contribution >= 4 is 0 Å². The molecule has 1 aliphatic heterocycles. The Balaban J connectivity index is 2.09. The first-order chi connectivity index (χ1) is 12.8. The Hall–Kier alpha value is -2.24. The van der Waals surface area contributed by atoms with Crippen molar-refractivity contribution in [2.75, 3.05) is 47.5 Å². The van der Waals surface area contributed by atoms with Gasteiger partial charge in [-0.25, -0.2) is 0 Å². The molecule has 0 aliphatic carbocycles. The Morgan fingerprint density at radius 3 is 2.15 bits per heavy atom. The van der Waals surface area contributed by atoms with Gasteiger partial charge in [0.25, 0.3) is 0 Å². The van der Waals surface area contributed by atoms with Crippen LogP contribution in [-0.4, -0.2) is 47.5 Å². The van der Waals surface area contributed by atoms with Crippen LogP contribution in [0.5, 0.6) is 17.2 Å². The molecule has 1 aliphatic rings. The maximum Gasteiger partial charge on any atom is 0.203 e. The molecule has 1 unspecified atom stereocenters. The summed E-state index contributed by atoms with van der Waals surface area (Å²) >= 11 is 0. The average Bonchev–Trinajstić information content (AvgIpc) is 2.97. The fourth-order valence-electron chi connectivity index (χ4n) is 3.90. The Kier molecular flexibility index (Phi) is 6.36. The molecule has 140 valence electrons. The van der Waals surface area contributed by atoms with Crippen molar-refractivity contribution in [3.63, 3.8) is 0 Å². The summed E-state index contributed by atoms with van der Waals surface area (Å²) in [6.45, 7) is 4.66. The minimum absolute atomic E-state index is 0.247. The maximum atomic E-state index is 5.60. The van der Waals surface area contributed by atoms with E-state index in [0.717, 1.165) is 19.6 Å². The van der Waals surface area contributed by atoms with Crippen LogP contribution >= 0.6 is 0 Å². The summed E-state index contributed by atoms with van der Waals surface area (Å²) in [7, 11) is 4.99. The molecule has 2 atom stereocenters. The average molecular weight is 358 g/mol. The molecule has 2 aromatic carbocycles. The van der Waals surface area contributed by atoms with Gasteiger partial charge in [-0.1, -0.05) is 30.3 Å². The second kappa shape index (κ2) is 8.92. The molecule has 3 N–H and O–H groups in total. The van der Waals surface area contributed by atoms with Crippen LogP contribution in [0.1, 0.15) is 23.6 Å². The van der Waals surface area contributed by atoms with Gasteiger partial charge in [0, 0.05) is 17.5 Å². The lowest BCUT2D eigenvalue weighted by Gasteiger charge is -2.28. The lowest BCUT2D eigenvalue weighted by atomic mass is 9.96. The minimum Gasteiger partial charge on any atom is -0.493 e. The standard InChI is InChI=1S/C21H28N2O3/c1-24-18-14-17(15-19(25-2)21(18)26-3)20(16-8-5-4-6-9-16)23-12-7-10-22-11-13-23/h4-6,8-9,14-15,20,22H,7,10-13H2,1-3H3/p+2/t20-/m0/s1. The normalized spacial score (nSPS) is 18.7. The largest absolute Gasteiger partial charge is 0.493 e. The second-order valence-corrected chi connectivity index (χ2v) is 6.68. The molecule has 1 saturated heterocycles. The molecule has 3 rings (SSSR count). The summed E-state index contributed by atoms with van der Waals surface area (Å²) in [4.78, 5) is 1.58. The van der Waals surface area contributed by atoms with Gasteiger partial charge in [0.2, 0.25) is 5.75 Å². The van der Waals surface area contributed by atoms with E-state index in [2.05, 4.69) is 47.8 Å². The van der Waals surface area contributed by atoms with Gasteiger partial charge in [0.05, 0.1) is 34.4 Å². The Morgan fingerprint density at radius 1 is 0.846 bits per heavy atom. The van der Waals surface area contributed by atoms with Crippen LogP contribution in [-0.2, 0) is 0 Å². The van der Waals surface area contributed by atoms with Crippen LogP contribution in [0.4, 0.5) is 0 Å². The summed E-state index contributed by atoms with van der Waals surface area (Å²) in [6.07, 6.45) is 1.23. The molecule has 0 radical (unpaired) electrons. The molecule has 0 saturated carbocycles. The van der Waals surface area contributed by atoms with Crippen LogP contribution in [0.25, 0.3) is 0 Å². The second-order valence-electron chi connectivity index (χ2n) is 6.68. The van der Waals surface area contributed by atoms with E-state index in [1.807, 2.05) is 0 Å². The third kappa shape index (κ3) is 3.94. The topological polar surface area (TPSA) is 48.7 Å². The summed E-state index contributed by atoms with van der Waals surface area (Å²) in [5.41, 5.74) is 2.52. The van der Waals surface area contributed by atoms with Gasteiger partial charge in [0.1, 0.15) is 19.1 Å². The molecule has 1 heterocycles. The first-order valence-corrected chi connectivity index (χ1v) is 9.29. The predicted molar refractivity (Wildman–Crippen MR) is 101 cm³/mol. The van der Waals surface area contributed by atoms with Crippen molar-refractivity contribution in [3.05, 3.63) is 53.6 Å². The number of nitrogens with two attached hydrogens (primary N) is 1. The van der Waals surface area contributed by atoms with Crippen LogP contribution in [0.2, 0.25) is 0 Å². The number of rotatable bonds is 6. The number of ether oxygens (including phenoxy) is 3. The molecule has 5 nitrogen and oxygen atoms in total. The molecule has 1 fully saturated rings. The van der Waals surface area contributed by atoms with E-state index < -0.39 is 0 Å². The van der Waals surface area contributed by atoms with Crippen molar-refractivity contribution < 1.29 is 24.4 Å². The summed E-state index contributed by atoms with van der Waals surface area (Å²) in [5, 5.41) is 2.42. The highest BCUT2D eigenvalue weighted by Gasteiger charge is 2.30. The van der Waals surface area contributed by atoms with Crippen molar-refractivity contribution in [1.29, 1.82) is 0 Å². The summed E-state index contributed by atoms with van der Waals surface area (Å²) in [5.74, 6) is 2.07. The van der Waals surface area contributed by atoms with Crippen LogP contribution < -0.4 is 24.4 Å². The fraction of sp³-hybridized carbons (Fsp3) is 0.429. The Morgan fingerprint density at radius 2 is 1.54 bits per heavy atom. The number of hydrogen-bond acceptors (Lipinski definition) is 3. The third-order valence-electron chi connectivity index (χ3n) is 5.14. The molecule has 0 spiro atoms. The van der Waals surface area contributed by atoms with E-state index in [0.29, 0.717) is 17.2 Å². The third-order valence-corrected chi connectivity index (χ3v) is 5.14. The van der Waals surface area contributed by atoms with Gasteiger partial charge in [-0.3, -0.25) is 0 Å². The molecule has 26 heavy (non-hydrogen) atoms. The van der Waals surface area contributed by atoms with E-state index in [9.17, 15) is 0 Å². The first kappa shape index (κ1) is 18.5. The highest BCUT2D eigenvalue weighted by molar-refractivity contribution is 5.55. The Labute approximate surface area is 155 Å². The van der Waals surface area contributed by atoms with Crippen molar-refractivity contribution in [3.8, 4) is 17.2 Å². The van der Waals surface area contributed by atoms with Crippen LogP contribution in [0, 0.1) is 0 Å². The zero-order chi connectivity index (χ0) is 18.4. The van der Waals surface area contributed by atoms with Crippen molar-refractivity contribution in [1.82, 2.24) is 0 Å². The zero-order valence-corrected chi connectivity index (χ0v) is 16.0. The van der Waals surface area contributed by atoms with E-state index in [1.165, 1.54) is 24.1 Å². The monoisotopic (exact) mass is 358 g/mol. The number of quaternary nitrogens is 2. The summed E-state index contributed by atoms with van der Waals surface area (Å²) in [6, 6.07) is 15.2. The molecular formula is C21H30N2O3+2. The molecule has 5 heteroatoms. The molecule has 2 aromatic rings.